The predicted octanol–water partition coefficient (Wildman–Crippen LogP) is 2.26. The lowest BCUT2D eigenvalue weighted by atomic mass is 9.74. The van der Waals surface area contributed by atoms with Gasteiger partial charge in [-0.15, -0.1) is 0 Å². The van der Waals surface area contributed by atoms with E-state index in [9.17, 15) is 0 Å². The fourth-order valence-corrected chi connectivity index (χ4v) is 2.87. The first-order valence-electron chi connectivity index (χ1n) is 5.89. The van der Waals surface area contributed by atoms with Gasteiger partial charge in [0, 0.05) is 23.2 Å². The van der Waals surface area contributed by atoms with Gasteiger partial charge >= 0.3 is 0 Å². The van der Waals surface area contributed by atoms with Gasteiger partial charge in [-0.25, -0.2) is 0 Å². The summed E-state index contributed by atoms with van der Waals surface area (Å²) in [5.41, 5.74) is 10.5. The van der Waals surface area contributed by atoms with Crippen LogP contribution in [0.15, 0.2) is 0 Å². The third-order valence-corrected chi connectivity index (χ3v) is 3.68. The molecule has 0 spiro atoms. The van der Waals surface area contributed by atoms with E-state index in [1.54, 1.807) is 0 Å². The molecule has 1 aromatic heterocycles. The molecule has 1 heterocycles. The molecule has 3 rings (SSSR count). The Morgan fingerprint density at radius 1 is 1.40 bits per heavy atom. The van der Waals surface area contributed by atoms with Gasteiger partial charge in [0.2, 0.25) is 0 Å². The molecule has 15 heavy (non-hydrogen) atoms. The predicted molar refractivity (Wildman–Crippen MR) is 59.6 cm³/mol. The van der Waals surface area contributed by atoms with E-state index in [0.717, 1.165) is 12.8 Å². The normalized spacial score (nSPS) is 28.9. The maximum Gasteiger partial charge on any atom is 0.0703 e. The molecule has 1 atom stereocenters. The molecular formula is C12H19N3. The SMILES string of the molecule is CC1(C)Cc2[nH]nc(C3CC3)c2C(N)C1. The zero-order chi connectivity index (χ0) is 10.6. The van der Waals surface area contributed by atoms with Gasteiger partial charge < -0.3 is 5.73 Å². The van der Waals surface area contributed by atoms with Crippen molar-refractivity contribution in [1.29, 1.82) is 0 Å². The Balaban J connectivity index is 2.02. The first kappa shape index (κ1) is 9.40. The highest BCUT2D eigenvalue weighted by atomic mass is 15.1. The molecule has 3 heteroatoms. The van der Waals surface area contributed by atoms with Crippen molar-refractivity contribution >= 4 is 0 Å². The van der Waals surface area contributed by atoms with E-state index in [1.807, 2.05) is 0 Å². The lowest BCUT2D eigenvalue weighted by Crippen LogP contribution is -2.29. The highest BCUT2D eigenvalue weighted by Gasteiger charge is 2.38. The van der Waals surface area contributed by atoms with Gasteiger partial charge in [-0.05, 0) is 31.1 Å². The Morgan fingerprint density at radius 3 is 2.80 bits per heavy atom. The van der Waals surface area contributed by atoms with Crippen LogP contribution in [0.4, 0.5) is 0 Å². The number of hydrogen-bond acceptors (Lipinski definition) is 2. The van der Waals surface area contributed by atoms with E-state index in [-0.39, 0.29) is 6.04 Å². The fourth-order valence-electron chi connectivity index (χ4n) is 2.87. The van der Waals surface area contributed by atoms with Gasteiger partial charge in [-0.1, -0.05) is 13.8 Å². The number of rotatable bonds is 1. The van der Waals surface area contributed by atoms with Gasteiger partial charge in [-0.3, -0.25) is 5.10 Å². The quantitative estimate of drug-likeness (QED) is 0.739. The van der Waals surface area contributed by atoms with Crippen LogP contribution in [-0.2, 0) is 6.42 Å². The van der Waals surface area contributed by atoms with Crippen LogP contribution in [0, 0.1) is 5.41 Å². The van der Waals surface area contributed by atoms with Crippen molar-refractivity contribution in [3.8, 4) is 0 Å². The van der Waals surface area contributed by atoms with Crippen LogP contribution in [0.3, 0.4) is 0 Å². The molecule has 0 aliphatic heterocycles. The second kappa shape index (κ2) is 2.85. The zero-order valence-electron chi connectivity index (χ0n) is 9.51. The Labute approximate surface area is 90.4 Å². The minimum absolute atomic E-state index is 0.193. The Morgan fingerprint density at radius 2 is 2.13 bits per heavy atom. The monoisotopic (exact) mass is 205 g/mol. The van der Waals surface area contributed by atoms with Crippen molar-refractivity contribution in [2.45, 2.75) is 51.5 Å². The summed E-state index contributed by atoms with van der Waals surface area (Å²) in [6.07, 6.45) is 4.77. The summed E-state index contributed by atoms with van der Waals surface area (Å²) in [5.74, 6) is 0.706. The molecule has 2 aliphatic carbocycles. The first-order valence-corrected chi connectivity index (χ1v) is 5.89. The van der Waals surface area contributed by atoms with Crippen LogP contribution in [0.2, 0.25) is 0 Å². The van der Waals surface area contributed by atoms with Crippen LogP contribution in [-0.4, -0.2) is 10.2 Å². The molecule has 3 nitrogen and oxygen atoms in total. The molecular weight excluding hydrogens is 186 g/mol. The molecule has 0 bridgehead atoms. The molecule has 1 aromatic rings. The smallest absolute Gasteiger partial charge is 0.0703 e. The van der Waals surface area contributed by atoms with E-state index in [1.165, 1.54) is 29.8 Å². The molecule has 0 radical (unpaired) electrons. The van der Waals surface area contributed by atoms with Crippen LogP contribution in [0.1, 0.15) is 62.0 Å². The van der Waals surface area contributed by atoms with E-state index >= 15 is 0 Å². The molecule has 2 aliphatic rings. The number of fused-ring (bicyclic) bond motifs is 1. The van der Waals surface area contributed by atoms with Crippen molar-refractivity contribution in [1.82, 2.24) is 10.2 Å². The average molecular weight is 205 g/mol. The fraction of sp³-hybridized carbons (Fsp3) is 0.750. The van der Waals surface area contributed by atoms with Gasteiger partial charge in [0.15, 0.2) is 0 Å². The minimum atomic E-state index is 0.193. The molecule has 3 N–H and O–H groups in total. The number of nitrogens with zero attached hydrogens (tertiary/aromatic N) is 1. The number of nitrogens with one attached hydrogen (secondary N) is 1. The lowest BCUT2D eigenvalue weighted by molar-refractivity contribution is 0.280. The van der Waals surface area contributed by atoms with Crippen LogP contribution in [0.25, 0.3) is 0 Å². The third kappa shape index (κ3) is 1.49. The molecule has 1 unspecified atom stereocenters. The summed E-state index contributed by atoms with van der Waals surface area (Å²) < 4.78 is 0. The second-order valence-corrected chi connectivity index (χ2v) is 5.93. The summed E-state index contributed by atoms with van der Waals surface area (Å²) >= 11 is 0. The van der Waals surface area contributed by atoms with E-state index in [4.69, 9.17) is 5.73 Å². The number of nitrogens with two attached hydrogens (primary N) is 1. The van der Waals surface area contributed by atoms with Crippen molar-refractivity contribution in [2.75, 3.05) is 0 Å². The van der Waals surface area contributed by atoms with E-state index in [2.05, 4.69) is 24.0 Å². The van der Waals surface area contributed by atoms with Crippen LogP contribution in [0.5, 0.6) is 0 Å². The summed E-state index contributed by atoms with van der Waals surface area (Å²) in [5, 5.41) is 7.67. The average Bonchev–Trinajstić information content (AvgIpc) is 2.86. The van der Waals surface area contributed by atoms with Gasteiger partial charge in [0.1, 0.15) is 0 Å². The highest BCUT2D eigenvalue weighted by molar-refractivity contribution is 5.36. The third-order valence-electron chi connectivity index (χ3n) is 3.68. The van der Waals surface area contributed by atoms with Gasteiger partial charge in [0.25, 0.3) is 0 Å². The molecule has 82 valence electrons. The van der Waals surface area contributed by atoms with Crippen LogP contribution < -0.4 is 5.73 Å². The van der Waals surface area contributed by atoms with Gasteiger partial charge in [-0.2, -0.15) is 5.10 Å². The van der Waals surface area contributed by atoms with Gasteiger partial charge in [0.05, 0.1) is 5.69 Å². The molecule has 0 amide bonds. The summed E-state index contributed by atoms with van der Waals surface area (Å²) in [7, 11) is 0. The number of hydrogen-bond donors (Lipinski definition) is 2. The van der Waals surface area contributed by atoms with Crippen molar-refractivity contribution < 1.29 is 0 Å². The van der Waals surface area contributed by atoms with Crippen molar-refractivity contribution in [3.63, 3.8) is 0 Å². The number of aromatic nitrogens is 2. The molecule has 1 saturated carbocycles. The zero-order valence-corrected chi connectivity index (χ0v) is 9.51. The number of H-pyrrole nitrogens is 1. The number of aromatic amines is 1. The largest absolute Gasteiger partial charge is 0.324 e. The Bertz CT molecular complexity index is 388. The molecule has 0 aromatic carbocycles. The maximum absolute atomic E-state index is 6.27. The maximum atomic E-state index is 6.27. The summed E-state index contributed by atoms with van der Waals surface area (Å²) in [4.78, 5) is 0. The lowest BCUT2D eigenvalue weighted by Gasteiger charge is -2.33. The summed E-state index contributed by atoms with van der Waals surface area (Å²) in [6.45, 7) is 4.57. The standard InChI is InChI=1S/C12H19N3/c1-12(2)5-8(13)10-9(6-12)14-15-11(10)7-3-4-7/h7-8H,3-6,13H2,1-2H3,(H,14,15). The Kier molecular flexibility index (Phi) is 1.78. The van der Waals surface area contributed by atoms with E-state index in [0.29, 0.717) is 11.3 Å². The Hall–Kier alpha value is -0.830. The highest BCUT2D eigenvalue weighted by Crippen LogP contribution is 2.47. The van der Waals surface area contributed by atoms with Crippen molar-refractivity contribution in [2.24, 2.45) is 11.1 Å². The van der Waals surface area contributed by atoms with Crippen LogP contribution >= 0.6 is 0 Å². The topological polar surface area (TPSA) is 54.7 Å². The van der Waals surface area contributed by atoms with E-state index < -0.39 is 0 Å². The minimum Gasteiger partial charge on any atom is -0.324 e. The second-order valence-electron chi connectivity index (χ2n) is 5.93. The first-order chi connectivity index (χ1) is 7.07. The summed E-state index contributed by atoms with van der Waals surface area (Å²) in [6, 6.07) is 0.193. The molecule has 0 saturated heterocycles. The van der Waals surface area contributed by atoms with Crippen molar-refractivity contribution in [3.05, 3.63) is 17.0 Å². The molecule has 1 fully saturated rings.